The first-order chi connectivity index (χ1) is 12.8. The van der Waals surface area contributed by atoms with Crippen molar-refractivity contribution >= 4 is 33.6 Å². The number of methoxy groups -OCH3 is 1. The molecule has 0 aliphatic carbocycles. The van der Waals surface area contributed by atoms with Crippen molar-refractivity contribution in [2.75, 3.05) is 19.0 Å². The number of hydrogen-bond donors (Lipinski definition) is 3. The maximum Gasteiger partial charge on any atom is 0.336 e. The van der Waals surface area contributed by atoms with Gasteiger partial charge in [-0.3, -0.25) is 0 Å². The second kappa shape index (κ2) is 9.14. The number of esters is 2. The van der Waals surface area contributed by atoms with E-state index in [0.29, 0.717) is 22.3 Å². The van der Waals surface area contributed by atoms with Gasteiger partial charge >= 0.3 is 11.9 Å². The minimum atomic E-state index is -1.10. The van der Waals surface area contributed by atoms with Crippen molar-refractivity contribution in [3.63, 3.8) is 0 Å². The lowest BCUT2D eigenvalue weighted by Crippen LogP contribution is -2.99. The van der Waals surface area contributed by atoms with E-state index >= 15 is 0 Å². The highest BCUT2D eigenvalue weighted by molar-refractivity contribution is 9.09. The number of carbonyl (C=O) groups excluding carboxylic acids is 2. The van der Waals surface area contributed by atoms with Crippen LogP contribution >= 0.6 is 15.9 Å². The van der Waals surface area contributed by atoms with Crippen LogP contribution in [0.4, 0.5) is 5.69 Å². The van der Waals surface area contributed by atoms with Crippen molar-refractivity contribution in [1.82, 2.24) is 5.32 Å². The number of benzene rings is 1. The smallest absolute Gasteiger partial charge is 0.336 e. The highest BCUT2D eigenvalue weighted by Gasteiger charge is 2.38. The van der Waals surface area contributed by atoms with Crippen LogP contribution < -0.4 is 10.5 Å². The zero-order valence-corrected chi connectivity index (χ0v) is 16.8. The molecule has 146 valence electrons. The van der Waals surface area contributed by atoms with Gasteiger partial charge in [0.25, 0.3) is 0 Å². The summed E-state index contributed by atoms with van der Waals surface area (Å²) in [6, 6.07) is 6.13. The molecule has 27 heavy (non-hydrogen) atoms. The van der Waals surface area contributed by atoms with E-state index in [1.165, 1.54) is 19.2 Å². The molecule has 0 saturated carbocycles. The van der Waals surface area contributed by atoms with Crippen LogP contribution in [0.5, 0.6) is 0 Å². The van der Waals surface area contributed by atoms with Crippen LogP contribution in [0.25, 0.3) is 0 Å². The van der Waals surface area contributed by atoms with Gasteiger partial charge in [0.05, 0.1) is 24.2 Å². The maximum absolute atomic E-state index is 12.7. The van der Waals surface area contributed by atoms with E-state index in [1.54, 1.807) is 26.0 Å². The largest absolute Gasteiger partial charge is 0.595 e. The van der Waals surface area contributed by atoms with E-state index in [2.05, 4.69) is 21.2 Å². The minimum absolute atomic E-state index is 0.0544. The van der Waals surface area contributed by atoms with Crippen molar-refractivity contribution in [3.05, 3.63) is 57.6 Å². The Morgan fingerprint density at radius 1 is 1.26 bits per heavy atom. The molecule has 0 fully saturated rings. The Bertz CT molecular complexity index is 803. The average molecular weight is 441 g/mol. The van der Waals surface area contributed by atoms with Crippen LogP contribution in [-0.2, 0) is 19.1 Å². The molecule has 0 spiro atoms. The molecule has 1 aliphatic heterocycles. The quantitative estimate of drug-likeness (QED) is 0.348. The Kier molecular flexibility index (Phi) is 7.14. The molecule has 1 aromatic rings. The first-order valence-corrected chi connectivity index (χ1v) is 9.27. The number of ether oxygens (including phenoxy) is 2. The molecule has 3 N–H and O–H groups in total. The fourth-order valence-electron chi connectivity index (χ4n) is 3.04. The first kappa shape index (κ1) is 21.1. The Labute approximate surface area is 165 Å². The molecule has 0 radical (unpaired) electrons. The molecule has 2 atom stereocenters. The molecule has 0 aromatic heterocycles. The number of allylic oxidation sites excluding steroid dienone is 2. The Morgan fingerprint density at radius 2 is 1.89 bits per heavy atom. The Morgan fingerprint density at radius 3 is 2.44 bits per heavy atom. The van der Waals surface area contributed by atoms with E-state index in [4.69, 9.17) is 9.47 Å². The highest BCUT2D eigenvalue weighted by Crippen LogP contribution is 2.39. The molecule has 0 saturated heterocycles. The van der Waals surface area contributed by atoms with Crippen molar-refractivity contribution < 1.29 is 29.5 Å². The molecule has 1 aromatic carbocycles. The van der Waals surface area contributed by atoms with E-state index in [-0.39, 0.29) is 23.4 Å². The molecular weight excluding hydrogens is 420 g/mol. The van der Waals surface area contributed by atoms with E-state index in [1.807, 2.05) is 0 Å². The third-order valence-corrected chi connectivity index (χ3v) is 4.49. The van der Waals surface area contributed by atoms with Gasteiger partial charge in [0.15, 0.2) is 5.69 Å². The number of carbonyl (C=O) groups is 2. The first-order valence-electron chi connectivity index (χ1n) is 8.15. The molecule has 2 rings (SSSR count). The predicted molar refractivity (Wildman–Crippen MR) is 100 cm³/mol. The van der Waals surface area contributed by atoms with E-state index < -0.39 is 23.1 Å². The van der Waals surface area contributed by atoms with Crippen LogP contribution in [0, 0.1) is 5.21 Å². The summed E-state index contributed by atoms with van der Waals surface area (Å²) in [6.45, 7) is 3.56. The van der Waals surface area contributed by atoms with Gasteiger partial charge in [-0.05, 0) is 19.4 Å². The average Bonchev–Trinajstić information content (AvgIpc) is 2.64. The van der Waals surface area contributed by atoms with Gasteiger partial charge < -0.3 is 20.0 Å². The molecule has 8 nitrogen and oxygen atoms in total. The summed E-state index contributed by atoms with van der Waals surface area (Å²) in [5.41, 5.74) is 2.08. The lowest BCUT2D eigenvalue weighted by molar-refractivity contribution is -0.991. The summed E-state index contributed by atoms with van der Waals surface area (Å²) in [5, 5.41) is 23.1. The fraction of sp³-hybridized carbons (Fsp3) is 0.333. The number of nitrogens with one attached hydrogen (secondary N) is 2. The molecule has 0 amide bonds. The second-order valence-corrected chi connectivity index (χ2v) is 6.68. The van der Waals surface area contributed by atoms with Crippen LogP contribution in [0.3, 0.4) is 0 Å². The standard InChI is InChI=1S/C18H21BrN2O6/c1-10-14(17(22)26-3)16(12-5-4-6-13(9-12)21(24)25)15(11(2)20-10)18(23)27-8-7-19/h4-6,9,16,20-21,24H,7-8H2,1-3H3/t16-/m0/s1. The summed E-state index contributed by atoms with van der Waals surface area (Å²) in [4.78, 5) is 25.2. The monoisotopic (exact) mass is 440 g/mol. The predicted octanol–water partition coefficient (Wildman–Crippen LogP) is 1.44. The van der Waals surface area contributed by atoms with Crippen molar-refractivity contribution in [3.8, 4) is 0 Å². The number of rotatable bonds is 6. The topological polar surface area (TPSA) is 112 Å². The van der Waals surface area contributed by atoms with Gasteiger partial charge in [-0.2, -0.15) is 5.23 Å². The van der Waals surface area contributed by atoms with E-state index in [0.717, 1.165) is 0 Å². The van der Waals surface area contributed by atoms with Crippen LogP contribution in [0.15, 0.2) is 46.8 Å². The number of quaternary nitrogens is 1. The SMILES string of the molecule is COC(=O)C1=C(C)NC(C)=C(C(=O)OCCBr)[C@H]1c1cccc([NH+]([O-])O)c1. The number of dihydropyridines is 1. The lowest BCUT2D eigenvalue weighted by atomic mass is 9.80. The van der Waals surface area contributed by atoms with Gasteiger partial charge in [-0.25, -0.2) is 14.8 Å². The minimum Gasteiger partial charge on any atom is -0.595 e. The summed E-state index contributed by atoms with van der Waals surface area (Å²) >= 11 is 3.20. The summed E-state index contributed by atoms with van der Waals surface area (Å²) in [7, 11) is 1.25. The number of alkyl halides is 1. The zero-order valence-electron chi connectivity index (χ0n) is 15.2. The summed E-state index contributed by atoms with van der Waals surface area (Å²) in [6.07, 6.45) is 0. The molecule has 9 heteroatoms. The fourth-order valence-corrected chi connectivity index (χ4v) is 3.20. The molecule has 1 unspecified atom stereocenters. The van der Waals surface area contributed by atoms with Crippen LogP contribution in [0.2, 0.25) is 0 Å². The third-order valence-electron chi connectivity index (χ3n) is 4.16. The van der Waals surface area contributed by atoms with Gasteiger partial charge in [-0.1, -0.05) is 28.1 Å². The number of hydrogen-bond acceptors (Lipinski definition) is 7. The summed E-state index contributed by atoms with van der Waals surface area (Å²) in [5.74, 6) is -2.00. The van der Waals surface area contributed by atoms with Crippen molar-refractivity contribution in [2.45, 2.75) is 19.8 Å². The molecule has 0 bridgehead atoms. The Balaban J connectivity index is 2.64. The Hall–Kier alpha value is -2.20. The van der Waals surface area contributed by atoms with Gasteiger partial charge in [0.1, 0.15) is 6.61 Å². The van der Waals surface area contributed by atoms with Gasteiger partial charge in [0, 0.05) is 28.9 Å². The van der Waals surface area contributed by atoms with Crippen molar-refractivity contribution in [1.29, 1.82) is 0 Å². The third kappa shape index (κ3) is 4.56. The normalized spacial score (nSPS) is 18.1. The van der Waals surface area contributed by atoms with Gasteiger partial charge in [0.2, 0.25) is 0 Å². The van der Waals surface area contributed by atoms with Crippen molar-refractivity contribution in [2.24, 2.45) is 0 Å². The maximum atomic E-state index is 12.7. The summed E-state index contributed by atoms with van der Waals surface area (Å²) < 4.78 is 10.2. The highest BCUT2D eigenvalue weighted by atomic mass is 79.9. The van der Waals surface area contributed by atoms with Crippen LogP contribution in [0.1, 0.15) is 25.3 Å². The zero-order chi connectivity index (χ0) is 20.1. The molecular formula is C18H21BrN2O6. The molecule has 1 heterocycles. The number of halogens is 1. The molecule has 1 aliphatic rings. The van der Waals surface area contributed by atoms with Gasteiger partial charge in [-0.15, -0.1) is 0 Å². The van der Waals surface area contributed by atoms with E-state index in [9.17, 15) is 20.0 Å². The lowest BCUT2D eigenvalue weighted by Gasteiger charge is -2.30. The van der Waals surface area contributed by atoms with Crippen LogP contribution in [-0.4, -0.2) is 36.2 Å². The second-order valence-electron chi connectivity index (χ2n) is 5.88.